The smallest absolute Gasteiger partial charge is 0.236 e. The highest BCUT2D eigenvalue weighted by Crippen LogP contribution is 1.82. The van der Waals surface area contributed by atoms with Gasteiger partial charge in [-0.15, -0.1) is 0 Å². The third-order valence-corrected chi connectivity index (χ3v) is 1.34. The van der Waals surface area contributed by atoms with Gasteiger partial charge in [0.05, 0.1) is 19.3 Å². The van der Waals surface area contributed by atoms with Crippen molar-refractivity contribution in [3.63, 3.8) is 0 Å². The lowest BCUT2D eigenvalue weighted by Gasteiger charge is -2.14. The third kappa shape index (κ3) is 4.24. The minimum absolute atomic E-state index is 0.0185. The van der Waals surface area contributed by atoms with E-state index in [1.54, 1.807) is 0 Å². The fraction of sp³-hybridized carbons (Fsp3) is 0.833. The number of carbonyl (C=O) groups excluding carboxylic acids is 1. The number of nitrogens with one attached hydrogen (secondary N) is 1. The Labute approximate surface area is 70.0 Å². The van der Waals surface area contributed by atoms with E-state index in [4.69, 9.17) is 21.1 Å². The highest BCUT2D eigenvalue weighted by Gasteiger charge is 2.14. The van der Waals surface area contributed by atoms with Gasteiger partial charge in [-0.05, 0) is 0 Å². The first-order valence-electron chi connectivity index (χ1n) is 3.54. The van der Waals surface area contributed by atoms with Gasteiger partial charge >= 0.3 is 0 Å². The molecule has 0 fully saturated rings. The first kappa shape index (κ1) is 11.3. The van der Waals surface area contributed by atoms with Crippen LogP contribution in [0, 0.1) is 0 Å². The van der Waals surface area contributed by atoms with Gasteiger partial charge in [-0.1, -0.05) is 0 Å². The zero-order valence-electron chi connectivity index (χ0n) is 6.60. The summed E-state index contributed by atoms with van der Waals surface area (Å²) in [5.74, 6) is -0.692. The van der Waals surface area contributed by atoms with Crippen LogP contribution in [0.15, 0.2) is 0 Å². The molecule has 6 nitrogen and oxygen atoms in total. The molecule has 6 N–H and O–H groups in total. The number of aliphatic hydroxyl groups excluding tert-OH is 3. The van der Waals surface area contributed by atoms with Crippen LogP contribution < -0.4 is 11.1 Å². The molecule has 0 bridgehead atoms. The molecule has 0 aromatic rings. The van der Waals surface area contributed by atoms with E-state index in [9.17, 15) is 4.79 Å². The normalized spacial score (nSPS) is 15.6. The van der Waals surface area contributed by atoms with Crippen LogP contribution in [0.1, 0.15) is 0 Å². The third-order valence-electron chi connectivity index (χ3n) is 1.34. The van der Waals surface area contributed by atoms with Gasteiger partial charge in [-0.25, -0.2) is 0 Å². The summed E-state index contributed by atoms with van der Waals surface area (Å²) in [5, 5.41) is 28.3. The predicted molar refractivity (Wildman–Crippen MR) is 41.2 cm³/mol. The van der Waals surface area contributed by atoms with Crippen LogP contribution in [0.5, 0.6) is 0 Å². The van der Waals surface area contributed by atoms with E-state index < -0.39 is 31.3 Å². The number of nitrogens with two attached hydrogens (primary N) is 1. The van der Waals surface area contributed by atoms with E-state index in [1.807, 2.05) is 0 Å². The zero-order chi connectivity index (χ0) is 9.56. The van der Waals surface area contributed by atoms with Crippen LogP contribution in [0.4, 0.5) is 0 Å². The Morgan fingerprint density at radius 2 is 2.00 bits per heavy atom. The van der Waals surface area contributed by atoms with Gasteiger partial charge in [0.25, 0.3) is 0 Å². The van der Waals surface area contributed by atoms with Crippen molar-refractivity contribution < 1.29 is 20.1 Å². The number of carbonyl (C=O) groups is 1. The molecule has 0 aromatic heterocycles. The maximum Gasteiger partial charge on any atom is 0.236 e. The Bertz CT molecular complexity index is 142. The Morgan fingerprint density at radius 1 is 1.42 bits per heavy atom. The molecule has 0 rings (SSSR count). The van der Waals surface area contributed by atoms with Gasteiger partial charge in [0.15, 0.2) is 0 Å². The standard InChI is InChI=1S/C6H14N2O4/c7-6(12)5(3-10)8-1-4(11)2-9/h4-5,8-11H,1-3H2,(H2,7,12). The number of amides is 1. The molecule has 0 spiro atoms. The van der Waals surface area contributed by atoms with Crippen LogP contribution in [-0.2, 0) is 4.79 Å². The summed E-state index contributed by atoms with van der Waals surface area (Å²) in [5.41, 5.74) is 4.87. The highest BCUT2D eigenvalue weighted by atomic mass is 16.3. The molecular weight excluding hydrogens is 164 g/mol. The summed E-state index contributed by atoms with van der Waals surface area (Å²) < 4.78 is 0. The molecule has 0 aliphatic rings. The van der Waals surface area contributed by atoms with E-state index >= 15 is 0 Å². The molecule has 0 radical (unpaired) electrons. The SMILES string of the molecule is NC(=O)C(CO)NCC(O)CO. The lowest BCUT2D eigenvalue weighted by atomic mass is 10.2. The van der Waals surface area contributed by atoms with E-state index in [1.165, 1.54) is 0 Å². The van der Waals surface area contributed by atoms with Crippen LogP contribution >= 0.6 is 0 Å². The minimum Gasteiger partial charge on any atom is -0.394 e. The van der Waals surface area contributed by atoms with Crippen molar-refractivity contribution in [2.45, 2.75) is 12.1 Å². The Morgan fingerprint density at radius 3 is 2.33 bits per heavy atom. The predicted octanol–water partition coefficient (Wildman–Crippen LogP) is -3.22. The van der Waals surface area contributed by atoms with Crippen LogP contribution in [0.2, 0.25) is 0 Å². The molecule has 0 heterocycles. The fourth-order valence-corrected chi connectivity index (χ4v) is 0.598. The summed E-state index contributed by atoms with van der Waals surface area (Å²) in [6.07, 6.45) is -0.946. The second-order valence-electron chi connectivity index (χ2n) is 2.38. The van der Waals surface area contributed by atoms with Crippen LogP contribution in [-0.4, -0.2) is 53.1 Å². The maximum atomic E-state index is 10.5. The summed E-state index contributed by atoms with van der Waals surface area (Å²) >= 11 is 0. The Balaban J connectivity index is 3.65. The number of hydrogen-bond donors (Lipinski definition) is 5. The highest BCUT2D eigenvalue weighted by molar-refractivity contribution is 5.79. The Hall–Kier alpha value is -0.690. The molecule has 2 unspecified atom stereocenters. The minimum atomic E-state index is -0.946. The Kier molecular flexibility index (Phi) is 5.56. The molecule has 0 aliphatic heterocycles. The molecule has 2 atom stereocenters. The number of rotatable bonds is 6. The molecule has 0 aromatic carbocycles. The van der Waals surface area contributed by atoms with Crippen molar-refractivity contribution >= 4 is 5.91 Å². The molecule has 72 valence electrons. The molecule has 0 aliphatic carbocycles. The first-order chi connectivity index (χ1) is 5.61. The van der Waals surface area contributed by atoms with E-state index in [0.717, 1.165) is 0 Å². The lowest BCUT2D eigenvalue weighted by molar-refractivity contribution is -0.121. The van der Waals surface area contributed by atoms with Gasteiger partial charge in [0.1, 0.15) is 6.04 Å². The summed E-state index contributed by atoms with van der Waals surface area (Å²) in [4.78, 5) is 10.5. The van der Waals surface area contributed by atoms with Crippen LogP contribution in [0.25, 0.3) is 0 Å². The maximum absolute atomic E-state index is 10.5. The van der Waals surface area contributed by atoms with Crippen molar-refractivity contribution in [3.05, 3.63) is 0 Å². The van der Waals surface area contributed by atoms with Crippen molar-refractivity contribution in [2.24, 2.45) is 5.73 Å². The summed E-state index contributed by atoms with van der Waals surface area (Å²) in [7, 11) is 0. The van der Waals surface area contributed by atoms with Crippen molar-refractivity contribution in [1.82, 2.24) is 5.32 Å². The number of hydrogen-bond acceptors (Lipinski definition) is 5. The monoisotopic (exact) mass is 178 g/mol. The number of primary amides is 1. The topological polar surface area (TPSA) is 116 Å². The van der Waals surface area contributed by atoms with E-state index in [2.05, 4.69) is 5.32 Å². The quantitative estimate of drug-likeness (QED) is 0.293. The number of aliphatic hydroxyl groups is 3. The van der Waals surface area contributed by atoms with Crippen molar-refractivity contribution in [2.75, 3.05) is 19.8 Å². The van der Waals surface area contributed by atoms with E-state index in [-0.39, 0.29) is 6.54 Å². The molecular formula is C6H14N2O4. The lowest BCUT2D eigenvalue weighted by Crippen LogP contribution is -2.47. The summed E-state index contributed by atoms with van der Waals surface area (Å²) in [6, 6.07) is -0.869. The first-order valence-corrected chi connectivity index (χ1v) is 3.54. The second kappa shape index (κ2) is 5.90. The van der Waals surface area contributed by atoms with Gasteiger partial charge in [-0.3, -0.25) is 4.79 Å². The van der Waals surface area contributed by atoms with Crippen molar-refractivity contribution in [1.29, 1.82) is 0 Å². The van der Waals surface area contributed by atoms with Gasteiger partial charge in [0, 0.05) is 6.54 Å². The second-order valence-corrected chi connectivity index (χ2v) is 2.38. The molecule has 1 amide bonds. The van der Waals surface area contributed by atoms with Crippen molar-refractivity contribution in [3.8, 4) is 0 Å². The average molecular weight is 178 g/mol. The average Bonchev–Trinajstić information content (AvgIpc) is 2.04. The van der Waals surface area contributed by atoms with Gasteiger partial charge in [-0.2, -0.15) is 0 Å². The molecule has 12 heavy (non-hydrogen) atoms. The zero-order valence-corrected chi connectivity index (χ0v) is 6.60. The van der Waals surface area contributed by atoms with E-state index in [0.29, 0.717) is 0 Å². The fourth-order valence-electron chi connectivity index (χ4n) is 0.598. The summed E-state index contributed by atoms with van der Waals surface area (Å²) in [6.45, 7) is -0.804. The van der Waals surface area contributed by atoms with Gasteiger partial charge < -0.3 is 26.4 Å². The molecule has 0 saturated heterocycles. The van der Waals surface area contributed by atoms with Crippen LogP contribution in [0.3, 0.4) is 0 Å². The molecule has 0 saturated carbocycles. The molecule has 6 heteroatoms. The van der Waals surface area contributed by atoms with Gasteiger partial charge in [0.2, 0.25) is 5.91 Å². The largest absolute Gasteiger partial charge is 0.394 e.